The van der Waals surface area contributed by atoms with Crippen LogP contribution in [0.5, 0.6) is 11.5 Å². The number of anilines is 1. The summed E-state index contributed by atoms with van der Waals surface area (Å²) in [5, 5.41) is 16.3. The smallest absolute Gasteiger partial charge is 0.255 e. The normalized spacial score (nSPS) is 10.5. The molecule has 0 radical (unpaired) electrons. The van der Waals surface area contributed by atoms with Crippen molar-refractivity contribution in [2.45, 2.75) is 0 Å². The van der Waals surface area contributed by atoms with Crippen molar-refractivity contribution in [2.24, 2.45) is 7.05 Å². The SMILES string of the molecule is COc1cc(C(=O)Nc2ccc(-c3cnn(C)c3)cc2)cc(F)c1O. The predicted octanol–water partition coefficient (Wildman–Crippen LogP) is 3.19. The Bertz CT molecular complexity index is 920. The Morgan fingerprint density at radius 2 is 1.96 bits per heavy atom. The van der Waals surface area contributed by atoms with E-state index in [0.717, 1.165) is 17.2 Å². The van der Waals surface area contributed by atoms with E-state index in [1.165, 1.54) is 13.2 Å². The van der Waals surface area contributed by atoms with Crippen molar-refractivity contribution in [3.8, 4) is 22.6 Å². The molecule has 0 fully saturated rings. The van der Waals surface area contributed by atoms with Gasteiger partial charge in [0.05, 0.1) is 13.3 Å². The van der Waals surface area contributed by atoms with E-state index >= 15 is 0 Å². The number of aromatic hydroxyl groups is 1. The molecule has 0 unspecified atom stereocenters. The minimum absolute atomic E-state index is 0.0449. The standard InChI is InChI=1S/C18H16FN3O3/c1-22-10-13(9-20-22)11-3-5-14(6-4-11)21-18(24)12-7-15(19)17(23)16(8-12)25-2/h3-10,23H,1-2H3,(H,21,24). The fourth-order valence-corrected chi connectivity index (χ4v) is 2.38. The minimum atomic E-state index is -0.920. The summed E-state index contributed by atoms with van der Waals surface area (Å²) in [6, 6.07) is 9.42. The lowest BCUT2D eigenvalue weighted by Crippen LogP contribution is -2.12. The number of phenols is 1. The molecule has 3 rings (SSSR count). The summed E-state index contributed by atoms with van der Waals surface area (Å²) in [6.07, 6.45) is 3.64. The highest BCUT2D eigenvalue weighted by Gasteiger charge is 2.15. The number of rotatable bonds is 4. The van der Waals surface area contributed by atoms with Crippen LogP contribution in [-0.2, 0) is 7.05 Å². The summed E-state index contributed by atoms with van der Waals surface area (Å²) in [5.41, 5.74) is 2.53. The maximum absolute atomic E-state index is 13.7. The average Bonchev–Trinajstić information content (AvgIpc) is 3.04. The second-order valence-electron chi connectivity index (χ2n) is 5.44. The molecule has 0 spiro atoms. The second-order valence-corrected chi connectivity index (χ2v) is 5.44. The molecule has 6 nitrogen and oxygen atoms in total. The Morgan fingerprint density at radius 3 is 2.56 bits per heavy atom. The van der Waals surface area contributed by atoms with E-state index in [-0.39, 0.29) is 11.3 Å². The van der Waals surface area contributed by atoms with Crippen LogP contribution in [0.15, 0.2) is 48.8 Å². The summed E-state index contributed by atoms with van der Waals surface area (Å²) >= 11 is 0. The minimum Gasteiger partial charge on any atom is -0.502 e. The quantitative estimate of drug-likeness (QED) is 0.764. The Kier molecular flexibility index (Phi) is 4.38. The molecule has 0 aliphatic rings. The maximum Gasteiger partial charge on any atom is 0.255 e. The molecule has 0 aliphatic carbocycles. The first-order chi connectivity index (χ1) is 12.0. The van der Waals surface area contributed by atoms with Gasteiger partial charge in [0, 0.05) is 30.1 Å². The van der Waals surface area contributed by atoms with E-state index in [4.69, 9.17) is 4.74 Å². The number of phenolic OH excluding ortho intramolecular Hbond substituents is 1. The van der Waals surface area contributed by atoms with Gasteiger partial charge in [-0.05, 0) is 29.8 Å². The van der Waals surface area contributed by atoms with Crippen LogP contribution in [0.1, 0.15) is 10.4 Å². The monoisotopic (exact) mass is 341 g/mol. The molecule has 25 heavy (non-hydrogen) atoms. The number of halogens is 1. The zero-order valence-corrected chi connectivity index (χ0v) is 13.7. The molecule has 2 aromatic carbocycles. The van der Waals surface area contributed by atoms with Crippen LogP contribution in [0.4, 0.5) is 10.1 Å². The van der Waals surface area contributed by atoms with Gasteiger partial charge in [-0.1, -0.05) is 12.1 Å². The van der Waals surface area contributed by atoms with Gasteiger partial charge in [-0.15, -0.1) is 0 Å². The summed E-state index contributed by atoms with van der Waals surface area (Å²) < 4.78 is 20.2. The van der Waals surface area contributed by atoms with Gasteiger partial charge in [0.2, 0.25) is 0 Å². The lowest BCUT2D eigenvalue weighted by atomic mass is 10.1. The molecular formula is C18H16FN3O3. The van der Waals surface area contributed by atoms with E-state index in [0.29, 0.717) is 5.69 Å². The Labute approximate surface area is 143 Å². The van der Waals surface area contributed by atoms with Crippen LogP contribution in [0.3, 0.4) is 0 Å². The first-order valence-corrected chi connectivity index (χ1v) is 7.45. The van der Waals surface area contributed by atoms with Crippen LogP contribution in [0.2, 0.25) is 0 Å². The van der Waals surface area contributed by atoms with Crippen molar-refractivity contribution in [1.82, 2.24) is 9.78 Å². The third-order valence-electron chi connectivity index (χ3n) is 3.69. The van der Waals surface area contributed by atoms with Gasteiger partial charge < -0.3 is 15.2 Å². The number of hydrogen-bond acceptors (Lipinski definition) is 4. The van der Waals surface area contributed by atoms with Gasteiger partial charge in [-0.2, -0.15) is 5.10 Å². The lowest BCUT2D eigenvalue weighted by Gasteiger charge is -2.09. The summed E-state index contributed by atoms with van der Waals surface area (Å²) in [6.45, 7) is 0. The number of nitrogens with one attached hydrogen (secondary N) is 1. The largest absolute Gasteiger partial charge is 0.502 e. The van der Waals surface area contributed by atoms with Crippen molar-refractivity contribution < 1.29 is 19.0 Å². The van der Waals surface area contributed by atoms with Crippen molar-refractivity contribution in [3.05, 3.63) is 60.2 Å². The van der Waals surface area contributed by atoms with Crippen LogP contribution in [0, 0.1) is 5.82 Å². The highest BCUT2D eigenvalue weighted by atomic mass is 19.1. The van der Waals surface area contributed by atoms with Crippen molar-refractivity contribution in [1.29, 1.82) is 0 Å². The molecule has 7 heteroatoms. The highest BCUT2D eigenvalue weighted by molar-refractivity contribution is 6.04. The number of amides is 1. The van der Waals surface area contributed by atoms with Gasteiger partial charge in [-0.3, -0.25) is 9.48 Å². The van der Waals surface area contributed by atoms with Gasteiger partial charge in [0.1, 0.15) is 0 Å². The summed E-state index contributed by atoms with van der Waals surface area (Å²) in [5.74, 6) is -2.15. The number of nitrogens with zero attached hydrogens (tertiary/aromatic N) is 2. The van der Waals surface area contributed by atoms with E-state index in [1.54, 1.807) is 23.0 Å². The number of aryl methyl sites for hydroxylation is 1. The number of benzene rings is 2. The van der Waals surface area contributed by atoms with Gasteiger partial charge in [0.15, 0.2) is 17.3 Å². The number of carbonyl (C=O) groups excluding carboxylic acids is 1. The van der Waals surface area contributed by atoms with Crippen LogP contribution in [-0.4, -0.2) is 27.9 Å². The number of ether oxygens (including phenoxy) is 1. The predicted molar refractivity (Wildman–Crippen MR) is 91.2 cm³/mol. The third kappa shape index (κ3) is 3.45. The first-order valence-electron chi connectivity index (χ1n) is 7.45. The van der Waals surface area contributed by atoms with Crippen LogP contribution >= 0.6 is 0 Å². The molecule has 3 aromatic rings. The maximum atomic E-state index is 13.7. The van der Waals surface area contributed by atoms with E-state index in [2.05, 4.69) is 10.4 Å². The molecule has 0 bridgehead atoms. The number of methoxy groups -OCH3 is 1. The van der Waals surface area contributed by atoms with E-state index in [1.807, 2.05) is 25.4 Å². The Hall–Kier alpha value is -3.35. The second kappa shape index (κ2) is 6.64. The van der Waals surface area contributed by atoms with Crippen LogP contribution < -0.4 is 10.1 Å². The molecule has 1 amide bonds. The molecule has 128 valence electrons. The van der Waals surface area contributed by atoms with Crippen molar-refractivity contribution in [2.75, 3.05) is 12.4 Å². The number of hydrogen-bond donors (Lipinski definition) is 2. The number of aromatic nitrogens is 2. The van der Waals surface area contributed by atoms with Gasteiger partial charge in [0.25, 0.3) is 5.91 Å². The highest BCUT2D eigenvalue weighted by Crippen LogP contribution is 2.30. The zero-order chi connectivity index (χ0) is 18.0. The van der Waals surface area contributed by atoms with Crippen molar-refractivity contribution >= 4 is 11.6 Å². The number of carbonyl (C=O) groups is 1. The van der Waals surface area contributed by atoms with Gasteiger partial charge >= 0.3 is 0 Å². The molecule has 0 saturated heterocycles. The fourth-order valence-electron chi connectivity index (χ4n) is 2.38. The van der Waals surface area contributed by atoms with E-state index in [9.17, 15) is 14.3 Å². The Morgan fingerprint density at radius 1 is 1.24 bits per heavy atom. The lowest BCUT2D eigenvalue weighted by molar-refractivity contribution is 0.102. The molecule has 1 aromatic heterocycles. The molecule has 0 saturated carbocycles. The molecular weight excluding hydrogens is 325 g/mol. The molecule has 0 aliphatic heterocycles. The zero-order valence-electron chi connectivity index (χ0n) is 13.7. The first kappa shape index (κ1) is 16.5. The van der Waals surface area contributed by atoms with Crippen molar-refractivity contribution in [3.63, 3.8) is 0 Å². The fraction of sp³-hybridized carbons (Fsp3) is 0.111. The third-order valence-corrected chi connectivity index (χ3v) is 3.69. The molecule has 1 heterocycles. The Balaban J connectivity index is 1.78. The van der Waals surface area contributed by atoms with E-state index < -0.39 is 17.5 Å². The summed E-state index contributed by atoms with van der Waals surface area (Å²) in [7, 11) is 3.12. The van der Waals surface area contributed by atoms with Gasteiger partial charge in [-0.25, -0.2) is 4.39 Å². The molecule has 2 N–H and O–H groups in total. The molecule has 0 atom stereocenters. The topological polar surface area (TPSA) is 76.4 Å². The average molecular weight is 341 g/mol. The van der Waals surface area contributed by atoms with Crippen LogP contribution in [0.25, 0.3) is 11.1 Å². The summed E-state index contributed by atoms with van der Waals surface area (Å²) in [4.78, 5) is 12.3.